The third-order valence-corrected chi connectivity index (χ3v) is 0. The Bertz CT molecular complexity index is 27.0. The zero-order chi connectivity index (χ0) is 2.71. The second-order valence-corrected chi connectivity index (χ2v) is 0.559. The topological polar surface area (TPSA) is 34.1 Å². The standard InChI is InChI=1S/2O.H4Si.Sn/h;;1H4;. The first-order chi connectivity index (χ1) is 1.41. The molecule has 2 nitrogen and oxygen atoms in total. The molecule has 0 unspecified atom stereocenters. The summed E-state index contributed by atoms with van der Waals surface area (Å²) in [6.07, 6.45) is 0. The predicted molar refractivity (Wildman–Crippen MR) is 18.5 cm³/mol. The van der Waals surface area contributed by atoms with Gasteiger partial charge in [0.2, 0.25) is 0 Å². The Morgan fingerprint density at radius 2 is 1.25 bits per heavy atom. The smallest absolute Gasteiger partial charge is 0.0149 e. The molecule has 24 valence electrons. The molecule has 0 rings (SSSR count). The second kappa shape index (κ2) is 9.48. The van der Waals surface area contributed by atoms with Gasteiger partial charge in [-0.1, -0.05) is 0 Å². The van der Waals surface area contributed by atoms with Gasteiger partial charge in [0.15, 0.2) is 0 Å². The van der Waals surface area contributed by atoms with Crippen molar-refractivity contribution in [3.8, 4) is 0 Å². The van der Waals surface area contributed by atoms with E-state index in [1.807, 2.05) is 0 Å². The summed E-state index contributed by atoms with van der Waals surface area (Å²) in [4.78, 5) is 0. The molecule has 0 spiro atoms. The van der Waals surface area contributed by atoms with E-state index >= 15 is 0 Å². The van der Waals surface area contributed by atoms with Crippen molar-refractivity contribution in [2.24, 2.45) is 0 Å². The minimum atomic E-state index is -2.27. The first kappa shape index (κ1) is 8.82. The monoisotopic (exact) mass is 184 g/mol. The van der Waals surface area contributed by atoms with Crippen molar-refractivity contribution in [1.29, 1.82) is 0 Å². The van der Waals surface area contributed by atoms with E-state index in [0.29, 0.717) is 0 Å². The molecule has 0 bridgehead atoms. The van der Waals surface area contributed by atoms with E-state index in [4.69, 9.17) is 6.15 Å². The summed E-state index contributed by atoms with van der Waals surface area (Å²) >= 11 is -2.27. The van der Waals surface area contributed by atoms with Crippen LogP contribution in [0.5, 0.6) is 0 Å². The summed E-state index contributed by atoms with van der Waals surface area (Å²) < 4.78 is 17.1. The third kappa shape index (κ3) is 18.0. The predicted octanol–water partition coefficient (Wildman–Crippen LogP) is -2.07. The molecular weight excluding hydrogens is 179 g/mol. The van der Waals surface area contributed by atoms with Gasteiger partial charge in [0.1, 0.15) is 0 Å². The van der Waals surface area contributed by atoms with Crippen molar-refractivity contribution in [3.63, 3.8) is 0 Å². The normalized spacial score (nSPS) is 2.00. The summed E-state index contributed by atoms with van der Waals surface area (Å²) in [5.41, 5.74) is 0. The first-order valence-electron chi connectivity index (χ1n) is 0.408. The molecule has 4 heteroatoms. The van der Waals surface area contributed by atoms with Crippen LogP contribution in [0.25, 0.3) is 0 Å². The van der Waals surface area contributed by atoms with Gasteiger partial charge in [0.25, 0.3) is 0 Å². The maximum atomic E-state index is 8.54. The van der Waals surface area contributed by atoms with Gasteiger partial charge >= 0.3 is 27.3 Å². The summed E-state index contributed by atoms with van der Waals surface area (Å²) in [5, 5.41) is 0. The molecule has 0 aliphatic carbocycles. The van der Waals surface area contributed by atoms with Crippen molar-refractivity contribution in [2.45, 2.75) is 0 Å². The van der Waals surface area contributed by atoms with Crippen molar-refractivity contribution < 1.29 is 6.15 Å². The second-order valence-electron chi connectivity index (χ2n) is 0.0833. The Labute approximate surface area is 38.6 Å². The molecule has 4 heavy (non-hydrogen) atoms. The fourth-order valence-electron chi connectivity index (χ4n) is 0. The van der Waals surface area contributed by atoms with Crippen LogP contribution < -0.4 is 0 Å². The van der Waals surface area contributed by atoms with Gasteiger partial charge in [-0.15, -0.1) is 0 Å². The number of hydrogen-bond donors (Lipinski definition) is 0. The SMILES string of the molecule is [O]=[Sn]=[O].[SiH4]. The summed E-state index contributed by atoms with van der Waals surface area (Å²) in [7, 11) is 0. The average Bonchev–Trinajstić information content (AvgIpc) is 0.918. The molecule has 0 aliphatic rings. The van der Waals surface area contributed by atoms with E-state index in [9.17, 15) is 0 Å². The van der Waals surface area contributed by atoms with Crippen LogP contribution >= 0.6 is 0 Å². The minimum Gasteiger partial charge on any atom is -0.0149 e. The van der Waals surface area contributed by atoms with Crippen LogP contribution in [0.4, 0.5) is 0 Å². The van der Waals surface area contributed by atoms with Gasteiger partial charge in [-0.25, -0.2) is 0 Å². The van der Waals surface area contributed by atoms with Gasteiger partial charge in [0.05, 0.1) is 0 Å². The first-order valence-corrected chi connectivity index (χ1v) is 2.74. The van der Waals surface area contributed by atoms with E-state index in [1.165, 1.54) is 0 Å². The van der Waals surface area contributed by atoms with Gasteiger partial charge < -0.3 is 0 Å². The van der Waals surface area contributed by atoms with Crippen LogP contribution in [0.1, 0.15) is 0 Å². The van der Waals surface area contributed by atoms with Crippen molar-refractivity contribution in [2.75, 3.05) is 0 Å². The largest absolute Gasteiger partial charge is 0.0149 e. The van der Waals surface area contributed by atoms with Crippen molar-refractivity contribution in [3.05, 3.63) is 0 Å². The van der Waals surface area contributed by atoms with E-state index in [2.05, 4.69) is 0 Å². The summed E-state index contributed by atoms with van der Waals surface area (Å²) in [6, 6.07) is 0. The Morgan fingerprint density at radius 3 is 1.25 bits per heavy atom. The van der Waals surface area contributed by atoms with E-state index in [1.54, 1.807) is 0 Å². The fourth-order valence-corrected chi connectivity index (χ4v) is 0. The quantitative estimate of drug-likeness (QED) is 0.404. The van der Waals surface area contributed by atoms with Crippen molar-refractivity contribution in [1.82, 2.24) is 0 Å². The maximum Gasteiger partial charge on any atom is -0.0149 e. The molecule has 0 atom stereocenters. The Hall–Kier alpha value is 0.616. The van der Waals surface area contributed by atoms with Gasteiger partial charge in [-0.05, 0) is 11.0 Å². The van der Waals surface area contributed by atoms with E-state index in [-0.39, 0.29) is 11.0 Å². The zero-order valence-electron chi connectivity index (χ0n) is 1.32. The van der Waals surface area contributed by atoms with Crippen LogP contribution in [0, 0.1) is 0 Å². The van der Waals surface area contributed by atoms with Crippen molar-refractivity contribution >= 4 is 32.1 Å². The molecule has 0 aromatic rings. The molecule has 0 saturated heterocycles. The van der Waals surface area contributed by atoms with Gasteiger partial charge in [-0.3, -0.25) is 0 Å². The molecular formula is H4O2SiSn. The van der Waals surface area contributed by atoms with Gasteiger partial charge in [-0.2, -0.15) is 0 Å². The molecule has 0 radical (unpaired) electrons. The zero-order valence-corrected chi connectivity index (χ0v) is 4.17. The Kier molecular flexibility index (Phi) is 20.9. The van der Waals surface area contributed by atoms with E-state index in [0.717, 1.165) is 0 Å². The van der Waals surface area contributed by atoms with Crippen LogP contribution in [0.15, 0.2) is 0 Å². The molecule has 0 heterocycles. The van der Waals surface area contributed by atoms with E-state index < -0.39 is 21.1 Å². The number of rotatable bonds is 0. The fraction of sp³-hybridized carbons (Fsp3) is 0. The summed E-state index contributed by atoms with van der Waals surface area (Å²) in [5.74, 6) is 0. The molecule has 0 aromatic carbocycles. The average molecular weight is 183 g/mol. The minimum absolute atomic E-state index is 0. The van der Waals surface area contributed by atoms with Gasteiger partial charge in [0, 0.05) is 0 Å². The van der Waals surface area contributed by atoms with Crippen LogP contribution in [0.2, 0.25) is 0 Å². The Balaban J connectivity index is 0. The molecule has 0 aliphatic heterocycles. The summed E-state index contributed by atoms with van der Waals surface area (Å²) in [6.45, 7) is 0. The molecule has 0 fully saturated rings. The third-order valence-electron chi connectivity index (χ3n) is 0. The van der Waals surface area contributed by atoms with Crippen LogP contribution in [0.3, 0.4) is 0 Å². The molecule has 0 aromatic heterocycles. The maximum absolute atomic E-state index is 8.54. The molecule has 0 amide bonds. The molecule has 0 saturated carbocycles. The number of hydrogen-bond acceptors (Lipinski definition) is 2. The van der Waals surface area contributed by atoms with Crippen LogP contribution in [-0.4, -0.2) is 32.1 Å². The molecule has 0 N–H and O–H groups in total. The Morgan fingerprint density at radius 1 is 1.25 bits per heavy atom. The van der Waals surface area contributed by atoms with Crippen LogP contribution in [-0.2, 0) is 6.15 Å².